The molecule has 2 atom stereocenters. The topological polar surface area (TPSA) is 52.6 Å². The Kier molecular flexibility index (Phi) is 7.04. The molecule has 0 bridgehead atoms. The number of thioether (sulfide) groups is 1. The van der Waals surface area contributed by atoms with Crippen LogP contribution in [-0.4, -0.2) is 59.7 Å². The number of rotatable bonds is 6. The van der Waals surface area contributed by atoms with Gasteiger partial charge in [-0.15, -0.1) is 0 Å². The van der Waals surface area contributed by atoms with E-state index in [1.165, 1.54) is 12.8 Å². The van der Waals surface area contributed by atoms with Crippen molar-refractivity contribution in [2.45, 2.75) is 38.0 Å². The maximum Gasteiger partial charge on any atom is 0.234 e. The molecule has 106 valence electrons. The largest absolute Gasteiger partial charge is 0.395 e. The highest BCUT2D eigenvalue weighted by atomic mass is 32.2. The molecule has 0 aliphatic carbocycles. The quantitative estimate of drug-likeness (QED) is 0.757. The van der Waals surface area contributed by atoms with Gasteiger partial charge in [0.25, 0.3) is 0 Å². The summed E-state index contributed by atoms with van der Waals surface area (Å²) in [5.74, 6) is 0.864. The Balaban J connectivity index is 2.28. The van der Waals surface area contributed by atoms with E-state index in [1.807, 2.05) is 13.2 Å². The second-order valence-electron chi connectivity index (χ2n) is 5.27. The van der Waals surface area contributed by atoms with Crippen molar-refractivity contribution in [2.24, 2.45) is 5.92 Å². The van der Waals surface area contributed by atoms with Crippen LogP contribution >= 0.6 is 11.8 Å². The zero-order chi connectivity index (χ0) is 13.5. The highest BCUT2D eigenvalue weighted by Gasteiger charge is 2.21. The van der Waals surface area contributed by atoms with Gasteiger partial charge in [-0.1, -0.05) is 6.92 Å². The molecule has 1 saturated heterocycles. The van der Waals surface area contributed by atoms with Gasteiger partial charge in [0.05, 0.1) is 13.2 Å². The van der Waals surface area contributed by atoms with E-state index in [1.54, 1.807) is 11.8 Å². The summed E-state index contributed by atoms with van der Waals surface area (Å²) in [5.41, 5.74) is 0. The molecule has 1 heterocycles. The van der Waals surface area contributed by atoms with E-state index in [0.717, 1.165) is 19.0 Å². The monoisotopic (exact) mass is 274 g/mol. The van der Waals surface area contributed by atoms with Crippen LogP contribution in [0.3, 0.4) is 0 Å². The summed E-state index contributed by atoms with van der Waals surface area (Å²) in [5, 5.41) is 12.2. The van der Waals surface area contributed by atoms with E-state index < -0.39 is 0 Å². The molecule has 1 rings (SSSR count). The molecule has 1 amide bonds. The first-order valence-electron chi connectivity index (χ1n) is 6.72. The molecule has 0 aromatic carbocycles. The summed E-state index contributed by atoms with van der Waals surface area (Å²) in [4.78, 5) is 14.1. The Hall–Kier alpha value is -0.260. The maximum atomic E-state index is 11.9. The van der Waals surface area contributed by atoms with Crippen LogP contribution in [0.1, 0.15) is 26.7 Å². The number of hydrogen-bond donors (Lipinski definition) is 2. The van der Waals surface area contributed by atoms with Gasteiger partial charge >= 0.3 is 0 Å². The molecule has 0 saturated carbocycles. The van der Waals surface area contributed by atoms with Crippen molar-refractivity contribution in [3.8, 4) is 0 Å². The third-order valence-electron chi connectivity index (χ3n) is 3.67. The molecule has 1 aliphatic heterocycles. The molecule has 0 radical (unpaired) electrons. The number of aliphatic hydroxyl groups excluding tert-OH is 1. The predicted octanol–water partition coefficient (Wildman–Crippen LogP) is 0.947. The summed E-state index contributed by atoms with van der Waals surface area (Å²) >= 11 is 1.59. The first kappa shape index (κ1) is 15.8. The van der Waals surface area contributed by atoms with E-state index in [2.05, 4.69) is 17.1 Å². The van der Waals surface area contributed by atoms with E-state index in [0.29, 0.717) is 6.54 Å². The number of likely N-dealkylation sites (tertiary alicyclic amines) is 1. The lowest BCUT2D eigenvalue weighted by Gasteiger charge is -2.30. The lowest BCUT2D eigenvalue weighted by Crippen LogP contribution is -2.47. The third kappa shape index (κ3) is 5.16. The molecule has 5 heteroatoms. The molecule has 0 aromatic rings. The lowest BCUT2D eigenvalue weighted by molar-refractivity contribution is -0.123. The fourth-order valence-corrected chi connectivity index (χ4v) is 2.88. The van der Waals surface area contributed by atoms with Gasteiger partial charge in [0.2, 0.25) is 5.91 Å². The van der Waals surface area contributed by atoms with Crippen molar-refractivity contribution in [3.05, 3.63) is 0 Å². The van der Waals surface area contributed by atoms with Gasteiger partial charge in [-0.3, -0.25) is 9.69 Å². The Bertz CT molecular complexity index is 251. The number of aliphatic hydroxyl groups is 1. The number of carbonyl (C=O) groups excluding carboxylic acids is 1. The van der Waals surface area contributed by atoms with Gasteiger partial charge in [0, 0.05) is 11.3 Å². The Labute approximate surface area is 115 Å². The van der Waals surface area contributed by atoms with E-state index >= 15 is 0 Å². The standard InChI is InChI=1S/C13H26N2O2S/c1-10-4-6-15(7-5-10)8-13(17)14-11(2)12(9-16)18-3/h10-12,16H,4-9H2,1-3H3,(H,14,17). The smallest absolute Gasteiger partial charge is 0.234 e. The minimum absolute atomic E-state index is 0.0150. The number of carbonyl (C=O) groups is 1. The highest BCUT2D eigenvalue weighted by Crippen LogP contribution is 2.15. The summed E-state index contributed by atoms with van der Waals surface area (Å²) < 4.78 is 0. The van der Waals surface area contributed by atoms with Crippen molar-refractivity contribution < 1.29 is 9.90 Å². The summed E-state index contributed by atoms with van der Waals surface area (Å²) in [7, 11) is 0. The van der Waals surface area contributed by atoms with Crippen LogP contribution in [0, 0.1) is 5.92 Å². The molecule has 1 fully saturated rings. The van der Waals surface area contributed by atoms with Crippen molar-refractivity contribution in [1.82, 2.24) is 10.2 Å². The molecular weight excluding hydrogens is 248 g/mol. The first-order chi connectivity index (χ1) is 8.56. The number of amides is 1. The molecule has 4 nitrogen and oxygen atoms in total. The number of hydrogen-bond acceptors (Lipinski definition) is 4. The third-order valence-corrected chi connectivity index (χ3v) is 4.84. The molecule has 18 heavy (non-hydrogen) atoms. The summed E-state index contributed by atoms with van der Waals surface area (Å²) in [6, 6.07) is 0.0150. The van der Waals surface area contributed by atoms with Crippen molar-refractivity contribution >= 4 is 17.7 Å². The van der Waals surface area contributed by atoms with Crippen LogP contribution in [0.5, 0.6) is 0 Å². The zero-order valence-electron chi connectivity index (χ0n) is 11.7. The van der Waals surface area contributed by atoms with Crippen LogP contribution in [0.4, 0.5) is 0 Å². The lowest BCUT2D eigenvalue weighted by atomic mass is 9.99. The normalized spacial score (nSPS) is 21.6. The Morgan fingerprint density at radius 3 is 2.61 bits per heavy atom. The SMILES string of the molecule is CSC(CO)C(C)NC(=O)CN1CCC(C)CC1. The first-order valence-corrected chi connectivity index (χ1v) is 8.01. The molecule has 0 spiro atoms. The van der Waals surface area contributed by atoms with E-state index in [-0.39, 0.29) is 23.8 Å². The molecule has 1 aliphatic rings. The van der Waals surface area contributed by atoms with Crippen LogP contribution < -0.4 is 5.32 Å². The minimum Gasteiger partial charge on any atom is -0.395 e. The summed E-state index contributed by atoms with van der Waals surface area (Å²) in [6.07, 6.45) is 4.33. The average molecular weight is 274 g/mol. The minimum atomic E-state index is 0.0150. The van der Waals surface area contributed by atoms with Gasteiger partial charge < -0.3 is 10.4 Å². The van der Waals surface area contributed by atoms with E-state index in [4.69, 9.17) is 0 Å². The number of nitrogens with one attached hydrogen (secondary N) is 1. The number of piperidine rings is 1. The second kappa shape index (κ2) is 8.02. The van der Waals surface area contributed by atoms with Crippen LogP contribution in [0.25, 0.3) is 0 Å². The molecule has 2 unspecified atom stereocenters. The average Bonchev–Trinajstić information content (AvgIpc) is 2.33. The van der Waals surface area contributed by atoms with Gasteiger partial charge in [-0.25, -0.2) is 0 Å². The fraction of sp³-hybridized carbons (Fsp3) is 0.923. The number of nitrogens with zero attached hydrogens (tertiary/aromatic N) is 1. The van der Waals surface area contributed by atoms with Gasteiger partial charge in [-0.2, -0.15) is 11.8 Å². The molecular formula is C13H26N2O2S. The van der Waals surface area contributed by atoms with Crippen molar-refractivity contribution in [2.75, 3.05) is 32.5 Å². The Morgan fingerprint density at radius 2 is 2.11 bits per heavy atom. The van der Waals surface area contributed by atoms with Gasteiger partial charge in [0.1, 0.15) is 0 Å². The van der Waals surface area contributed by atoms with Crippen molar-refractivity contribution in [1.29, 1.82) is 0 Å². The van der Waals surface area contributed by atoms with Crippen molar-refractivity contribution in [3.63, 3.8) is 0 Å². The predicted molar refractivity (Wildman–Crippen MR) is 76.8 cm³/mol. The fourth-order valence-electron chi connectivity index (χ4n) is 2.25. The highest BCUT2D eigenvalue weighted by molar-refractivity contribution is 7.99. The van der Waals surface area contributed by atoms with Gasteiger partial charge in [0.15, 0.2) is 0 Å². The summed E-state index contributed by atoms with van der Waals surface area (Å²) in [6.45, 7) is 6.86. The van der Waals surface area contributed by atoms with Gasteiger partial charge in [-0.05, 0) is 45.0 Å². The zero-order valence-corrected chi connectivity index (χ0v) is 12.5. The molecule has 2 N–H and O–H groups in total. The van der Waals surface area contributed by atoms with Crippen LogP contribution in [0.15, 0.2) is 0 Å². The Morgan fingerprint density at radius 1 is 1.50 bits per heavy atom. The maximum absolute atomic E-state index is 11.9. The van der Waals surface area contributed by atoms with Crippen LogP contribution in [0.2, 0.25) is 0 Å². The molecule has 0 aromatic heterocycles. The van der Waals surface area contributed by atoms with Crippen LogP contribution in [-0.2, 0) is 4.79 Å². The second-order valence-corrected chi connectivity index (χ2v) is 6.35. The van der Waals surface area contributed by atoms with E-state index in [9.17, 15) is 9.90 Å².